The van der Waals surface area contributed by atoms with E-state index < -0.39 is 13.3 Å². The number of hydrogen-bond acceptors (Lipinski definition) is 1. The maximum Gasteiger partial charge on any atom is 0.326 e. The Kier molecular flexibility index (Phi) is 9.15. The van der Waals surface area contributed by atoms with Gasteiger partial charge in [0.25, 0.3) is 0 Å². The molecule has 0 aliphatic rings. The Bertz CT molecular complexity index is 1140. The number of nitrogens with one attached hydrogen (secondary N) is 2. The molecule has 0 saturated heterocycles. The third-order valence-corrected chi connectivity index (χ3v) is 10.1. The van der Waals surface area contributed by atoms with E-state index in [9.17, 15) is 4.79 Å². The Balaban J connectivity index is 0.00000324. The van der Waals surface area contributed by atoms with Crippen molar-refractivity contribution in [2.75, 3.05) is 5.32 Å². The summed E-state index contributed by atoms with van der Waals surface area (Å²) in [5, 5.41) is 8.96. The monoisotopic (exact) mass is 526 g/mol. The molecule has 0 aromatic heterocycles. The lowest BCUT2D eigenvalue weighted by atomic mass is 10.3. The highest BCUT2D eigenvalue weighted by atomic mass is 35.5. The van der Waals surface area contributed by atoms with Gasteiger partial charge in [-0.3, -0.25) is 5.32 Å². The van der Waals surface area contributed by atoms with Crippen molar-refractivity contribution in [2.45, 2.75) is 0 Å². The van der Waals surface area contributed by atoms with Crippen molar-refractivity contribution in [2.24, 2.45) is 0 Å². The summed E-state index contributed by atoms with van der Waals surface area (Å²) in [6, 6.07) is 39.0. The summed E-state index contributed by atoms with van der Waals surface area (Å²) in [4.78, 5) is 13.1. The average Bonchev–Trinajstić information content (AvgIpc) is 2.86. The van der Waals surface area contributed by atoms with Gasteiger partial charge in [-0.2, -0.15) is 0 Å². The third kappa shape index (κ3) is 5.46. The number of hydrogen-bond donors (Lipinski definition) is 2. The van der Waals surface area contributed by atoms with E-state index in [1.807, 2.05) is 84.9 Å². The van der Waals surface area contributed by atoms with Gasteiger partial charge in [0.15, 0.2) is 11.8 Å². The fourth-order valence-corrected chi connectivity index (χ4v) is 8.74. The first-order valence-corrected chi connectivity index (χ1v) is 12.9. The number of anilines is 1. The minimum absolute atomic E-state index is 0. The Morgan fingerprint density at radius 2 is 0.941 bits per heavy atom. The lowest BCUT2D eigenvalue weighted by molar-refractivity contribution is -0.00000933. The molecule has 0 unspecified atom stereocenters. The number of urea groups is 1. The summed E-state index contributed by atoms with van der Waals surface area (Å²) >= 11 is 13.1. The number of benzene rings is 4. The van der Waals surface area contributed by atoms with Crippen molar-refractivity contribution in [3.05, 3.63) is 131 Å². The van der Waals surface area contributed by atoms with Gasteiger partial charge >= 0.3 is 6.03 Å². The Labute approximate surface area is 216 Å². The standard InChI is InChI=1S/C27H21Cl2N2OP.ClH/c28-25(29)26(31-27(32)30-21-13-5-1-6-14-21)33(22-15-7-2-8-16-22,23-17-9-3-10-18-23)24-19-11-4-12-20-24;/h1-20H,(H-,30,31,32);1H. The summed E-state index contributed by atoms with van der Waals surface area (Å²) in [5.41, 5.74) is 1.14. The molecule has 0 fully saturated rings. The minimum atomic E-state index is -2.63. The van der Waals surface area contributed by atoms with Crippen molar-refractivity contribution in [3.8, 4) is 0 Å². The van der Waals surface area contributed by atoms with E-state index in [0.717, 1.165) is 15.9 Å². The molecule has 0 aliphatic heterocycles. The van der Waals surface area contributed by atoms with Crippen LogP contribution in [0.3, 0.4) is 0 Å². The first-order chi connectivity index (χ1) is 16.1. The van der Waals surface area contributed by atoms with E-state index in [2.05, 4.69) is 47.0 Å². The zero-order valence-electron chi connectivity index (χ0n) is 18.0. The van der Waals surface area contributed by atoms with Crippen molar-refractivity contribution in [1.82, 2.24) is 5.32 Å². The second kappa shape index (κ2) is 12.1. The highest BCUT2D eigenvalue weighted by Gasteiger charge is 2.52. The molecule has 4 rings (SSSR count). The second-order valence-electron chi connectivity index (χ2n) is 7.23. The molecule has 0 bridgehead atoms. The average molecular weight is 528 g/mol. The first-order valence-electron chi connectivity index (χ1n) is 10.4. The number of carbonyl (C=O) groups is 1. The van der Waals surface area contributed by atoms with E-state index in [0.29, 0.717) is 11.1 Å². The number of amides is 2. The predicted molar refractivity (Wildman–Crippen MR) is 142 cm³/mol. The van der Waals surface area contributed by atoms with Gasteiger partial charge < -0.3 is 17.7 Å². The fourth-order valence-electron chi connectivity index (χ4n) is 3.84. The van der Waals surface area contributed by atoms with E-state index in [-0.39, 0.29) is 16.9 Å². The number of para-hydroxylation sites is 1. The molecule has 0 heterocycles. The van der Waals surface area contributed by atoms with E-state index in [1.165, 1.54) is 0 Å². The normalized spacial score (nSPS) is 10.5. The topological polar surface area (TPSA) is 41.1 Å². The Hall–Kier alpha value is -2.81. The van der Waals surface area contributed by atoms with E-state index >= 15 is 0 Å². The van der Waals surface area contributed by atoms with Crippen LogP contribution in [0.4, 0.5) is 10.5 Å². The molecule has 2 N–H and O–H groups in total. The molecule has 172 valence electrons. The largest absolute Gasteiger partial charge is 1.00 e. The molecule has 34 heavy (non-hydrogen) atoms. The summed E-state index contributed by atoms with van der Waals surface area (Å²) in [7, 11) is -2.63. The summed E-state index contributed by atoms with van der Waals surface area (Å²) < 4.78 is 0.0168. The summed E-state index contributed by atoms with van der Waals surface area (Å²) in [5.74, 6) is 0. The van der Waals surface area contributed by atoms with Crippen LogP contribution in [-0.2, 0) is 0 Å². The van der Waals surface area contributed by atoms with Crippen LogP contribution in [0.2, 0.25) is 0 Å². The molecule has 2 amide bonds. The summed E-state index contributed by atoms with van der Waals surface area (Å²) in [6.07, 6.45) is 0. The van der Waals surface area contributed by atoms with Gasteiger partial charge in [0.05, 0.1) is 0 Å². The van der Waals surface area contributed by atoms with Crippen LogP contribution in [0, 0.1) is 0 Å². The highest BCUT2D eigenvalue weighted by Crippen LogP contribution is 2.62. The van der Waals surface area contributed by atoms with Gasteiger partial charge in [0, 0.05) is 5.69 Å². The molecule has 4 aromatic carbocycles. The Morgan fingerprint density at radius 3 is 1.29 bits per heavy atom. The third-order valence-electron chi connectivity index (χ3n) is 5.21. The van der Waals surface area contributed by atoms with Crippen molar-refractivity contribution >= 4 is 58.1 Å². The van der Waals surface area contributed by atoms with Gasteiger partial charge in [0.1, 0.15) is 15.9 Å². The zero-order valence-corrected chi connectivity index (χ0v) is 21.2. The van der Waals surface area contributed by atoms with Crippen molar-refractivity contribution in [3.63, 3.8) is 0 Å². The number of rotatable bonds is 6. The molecule has 7 heteroatoms. The molecule has 0 saturated carbocycles. The van der Waals surface area contributed by atoms with Crippen LogP contribution < -0.4 is 39.0 Å². The maximum absolute atomic E-state index is 13.1. The predicted octanol–water partition coefficient (Wildman–Crippen LogP) is 3.41. The SMILES string of the molecule is O=C(NC(=C(Cl)Cl)[P+](c1ccccc1)(c1ccccc1)c1ccccc1)Nc1ccccc1.[Cl-]. The number of halogens is 3. The zero-order chi connectivity index (χ0) is 23.1. The van der Waals surface area contributed by atoms with Gasteiger partial charge in [-0.05, 0) is 48.5 Å². The molecule has 0 radical (unpaired) electrons. The molecule has 0 aliphatic carbocycles. The van der Waals surface area contributed by atoms with Crippen LogP contribution in [0.25, 0.3) is 0 Å². The molecule has 3 nitrogen and oxygen atoms in total. The lowest BCUT2D eigenvalue weighted by Gasteiger charge is -2.29. The van der Waals surface area contributed by atoms with Crippen LogP contribution in [0.1, 0.15) is 0 Å². The van der Waals surface area contributed by atoms with E-state index in [1.54, 1.807) is 0 Å². The highest BCUT2D eigenvalue weighted by molar-refractivity contribution is 7.99. The molecule has 0 atom stereocenters. The molecular weight excluding hydrogens is 506 g/mol. The molecular formula is C27H22Cl3N2OP. The smallest absolute Gasteiger partial charge is 0.326 e. The van der Waals surface area contributed by atoms with Gasteiger partial charge in [-0.25, -0.2) is 4.79 Å². The quantitative estimate of drug-likeness (QED) is 0.371. The van der Waals surface area contributed by atoms with Crippen molar-refractivity contribution < 1.29 is 17.2 Å². The van der Waals surface area contributed by atoms with Crippen molar-refractivity contribution in [1.29, 1.82) is 0 Å². The fraction of sp³-hybridized carbons (Fsp3) is 0. The summed E-state index contributed by atoms with van der Waals surface area (Å²) in [6.45, 7) is 0. The van der Waals surface area contributed by atoms with Gasteiger partial charge in [0.2, 0.25) is 5.44 Å². The van der Waals surface area contributed by atoms with Crippen LogP contribution >= 0.6 is 30.5 Å². The van der Waals surface area contributed by atoms with E-state index in [4.69, 9.17) is 23.2 Å². The van der Waals surface area contributed by atoms with Crippen LogP contribution in [0.15, 0.2) is 131 Å². The second-order valence-corrected chi connectivity index (χ2v) is 11.5. The lowest BCUT2D eigenvalue weighted by Crippen LogP contribution is -3.00. The Morgan fingerprint density at radius 1 is 0.588 bits per heavy atom. The van der Waals surface area contributed by atoms with Gasteiger partial charge in [-0.15, -0.1) is 0 Å². The maximum atomic E-state index is 13.1. The van der Waals surface area contributed by atoms with Crippen LogP contribution in [0.5, 0.6) is 0 Å². The number of carbonyl (C=O) groups excluding carboxylic acids is 1. The minimum Gasteiger partial charge on any atom is -1.00 e. The first kappa shape index (κ1) is 25.8. The molecule has 0 spiro atoms. The van der Waals surface area contributed by atoms with Crippen LogP contribution in [-0.4, -0.2) is 6.03 Å². The van der Waals surface area contributed by atoms with Gasteiger partial charge in [-0.1, -0.05) is 96.0 Å². The molecule has 4 aromatic rings.